The number of anilines is 3. The van der Waals surface area contributed by atoms with Crippen LogP contribution in [0.3, 0.4) is 0 Å². The number of aromatic nitrogens is 1. The number of hydrogen-bond donors (Lipinski definition) is 2. The van der Waals surface area contributed by atoms with Gasteiger partial charge in [-0.15, -0.1) is 0 Å². The predicted octanol–water partition coefficient (Wildman–Crippen LogP) is 4.59. The highest BCUT2D eigenvalue weighted by molar-refractivity contribution is 6.03. The van der Waals surface area contributed by atoms with Gasteiger partial charge in [-0.3, -0.25) is 9.59 Å². The van der Waals surface area contributed by atoms with Crippen LogP contribution < -0.4 is 10.6 Å². The van der Waals surface area contributed by atoms with E-state index in [1.807, 2.05) is 37.3 Å². The Bertz CT molecular complexity index is 932. The Labute approximate surface area is 152 Å². The number of carbonyl (C=O) groups excluding carboxylic acids is 2. The lowest BCUT2D eigenvalue weighted by Crippen LogP contribution is -2.13. The van der Waals surface area contributed by atoms with Gasteiger partial charge in [0, 0.05) is 16.9 Å². The van der Waals surface area contributed by atoms with E-state index >= 15 is 0 Å². The molecule has 0 saturated carbocycles. The van der Waals surface area contributed by atoms with Crippen molar-refractivity contribution in [2.24, 2.45) is 0 Å². The van der Waals surface area contributed by atoms with Gasteiger partial charge >= 0.3 is 0 Å². The molecule has 26 heavy (non-hydrogen) atoms. The van der Waals surface area contributed by atoms with Crippen molar-refractivity contribution in [3.05, 3.63) is 83.7 Å². The summed E-state index contributed by atoms with van der Waals surface area (Å²) in [6.45, 7) is 3.53. The number of nitrogens with one attached hydrogen (secondary N) is 2. The van der Waals surface area contributed by atoms with Crippen molar-refractivity contribution in [1.82, 2.24) is 4.98 Å². The number of nitrogens with zero attached hydrogens (tertiary/aromatic N) is 1. The van der Waals surface area contributed by atoms with Crippen LogP contribution in [0, 0.1) is 6.92 Å². The minimum absolute atomic E-state index is 0.0127. The lowest BCUT2D eigenvalue weighted by atomic mass is 10.1. The maximum absolute atomic E-state index is 12.3. The maximum atomic E-state index is 12.3. The molecule has 3 aromatic rings. The highest BCUT2D eigenvalue weighted by Gasteiger charge is 2.08. The first-order valence-electron chi connectivity index (χ1n) is 8.24. The van der Waals surface area contributed by atoms with Crippen LogP contribution in [0.25, 0.3) is 0 Å². The first kappa shape index (κ1) is 17.4. The number of pyridine rings is 1. The van der Waals surface area contributed by atoms with E-state index in [1.165, 1.54) is 6.92 Å². The smallest absolute Gasteiger partial charge is 0.274 e. The lowest BCUT2D eigenvalue weighted by Gasteiger charge is -2.10. The van der Waals surface area contributed by atoms with E-state index < -0.39 is 0 Å². The average molecular weight is 345 g/mol. The van der Waals surface area contributed by atoms with Crippen LogP contribution in [0.15, 0.2) is 66.9 Å². The molecular formula is C21H19N3O2. The van der Waals surface area contributed by atoms with Crippen LogP contribution in [0.1, 0.15) is 33.3 Å². The van der Waals surface area contributed by atoms with Gasteiger partial charge in [0.2, 0.25) is 0 Å². The predicted molar refractivity (Wildman–Crippen MR) is 103 cm³/mol. The van der Waals surface area contributed by atoms with Gasteiger partial charge in [0.05, 0.1) is 11.9 Å². The molecule has 0 aliphatic rings. The molecule has 0 bridgehead atoms. The van der Waals surface area contributed by atoms with Crippen LogP contribution >= 0.6 is 0 Å². The zero-order valence-corrected chi connectivity index (χ0v) is 14.6. The first-order valence-corrected chi connectivity index (χ1v) is 8.24. The van der Waals surface area contributed by atoms with Crippen LogP contribution in [0.2, 0.25) is 0 Å². The molecule has 5 nitrogen and oxygen atoms in total. The van der Waals surface area contributed by atoms with E-state index in [9.17, 15) is 9.59 Å². The van der Waals surface area contributed by atoms with Crippen molar-refractivity contribution >= 4 is 28.8 Å². The summed E-state index contributed by atoms with van der Waals surface area (Å²) < 4.78 is 0. The van der Waals surface area contributed by atoms with Gasteiger partial charge < -0.3 is 10.6 Å². The summed E-state index contributed by atoms with van der Waals surface area (Å²) in [5.74, 6) is -0.315. The molecule has 3 rings (SSSR count). The Morgan fingerprint density at radius 1 is 0.885 bits per heavy atom. The minimum Gasteiger partial charge on any atom is -0.354 e. The Balaban J connectivity index is 1.67. The SMILES string of the molecule is CC(=O)c1ccc(NC(=O)c2ccc(Nc3ccccc3C)cn2)cc1. The first-order chi connectivity index (χ1) is 12.5. The normalized spacial score (nSPS) is 10.2. The van der Waals surface area contributed by atoms with Crippen molar-refractivity contribution in [3.63, 3.8) is 0 Å². The summed E-state index contributed by atoms with van der Waals surface area (Å²) in [7, 11) is 0. The highest BCUT2D eigenvalue weighted by atomic mass is 16.2. The summed E-state index contributed by atoms with van der Waals surface area (Å²) >= 11 is 0. The number of Topliss-reactive ketones (excluding diaryl/α,β-unsaturated/α-hetero) is 1. The van der Waals surface area contributed by atoms with Crippen LogP contribution in [0.4, 0.5) is 17.1 Å². The van der Waals surface area contributed by atoms with Gasteiger partial charge in [-0.2, -0.15) is 0 Å². The molecule has 1 heterocycles. The van der Waals surface area contributed by atoms with E-state index in [0.29, 0.717) is 16.9 Å². The number of hydrogen-bond acceptors (Lipinski definition) is 4. The standard InChI is InChI=1S/C21H19N3O2/c1-14-5-3-4-6-19(14)23-18-11-12-20(22-13-18)21(26)24-17-9-7-16(8-10-17)15(2)25/h3-13,23H,1-2H3,(H,24,26). The lowest BCUT2D eigenvalue weighted by molar-refractivity contribution is 0.101. The van der Waals surface area contributed by atoms with Gasteiger partial charge in [0.1, 0.15) is 5.69 Å². The Kier molecular flexibility index (Phi) is 5.08. The number of ketones is 1. The molecule has 130 valence electrons. The molecule has 2 N–H and O–H groups in total. The van der Waals surface area contributed by atoms with Crippen molar-refractivity contribution in [2.45, 2.75) is 13.8 Å². The maximum Gasteiger partial charge on any atom is 0.274 e. The summed E-state index contributed by atoms with van der Waals surface area (Å²) in [6.07, 6.45) is 1.63. The third kappa shape index (κ3) is 4.13. The van der Waals surface area contributed by atoms with Crippen molar-refractivity contribution < 1.29 is 9.59 Å². The van der Waals surface area contributed by atoms with Crippen molar-refractivity contribution in [3.8, 4) is 0 Å². The number of aryl methyl sites for hydroxylation is 1. The second-order valence-electron chi connectivity index (χ2n) is 5.96. The number of para-hydroxylation sites is 1. The topological polar surface area (TPSA) is 71.1 Å². The Hall–Kier alpha value is -3.47. The fourth-order valence-electron chi connectivity index (χ4n) is 2.45. The third-order valence-electron chi connectivity index (χ3n) is 3.97. The molecule has 5 heteroatoms. The molecule has 0 aliphatic carbocycles. The van der Waals surface area contributed by atoms with E-state index in [4.69, 9.17) is 0 Å². The number of carbonyl (C=O) groups is 2. The molecule has 0 aliphatic heterocycles. The monoisotopic (exact) mass is 345 g/mol. The van der Waals surface area contributed by atoms with Crippen LogP contribution in [0.5, 0.6) is 0 Å². The average Bonchev–Trinajstić information content (AvgIpc) is 2.64. The summed E-state index contributed by atoms with van der Waals surface area (Å²) in [4.78, 5) is 27.8. The molecular weight excluding hydrogens is 326 g/mol. The second-order valence-corrected chi connectivity index (χ2v) is 5.96. The molecule has 0 unspecified atom stereocenters. The number of amides is 1. The van der Waals surface area contributed by atoms with Gasteiger partial charge in [-0.25, -0.2) is 4.98 Å². The minimum atomic E-state index is -0.303. The van der Waals surface area contributed by atoms with E-state index in [-0.39, 0.29) is 11.7 Å². The van der Waals surface area contributed by atoms with E-state index in [0.717, 1.165) is 16.9 Å². The third-order valence-corrected chi connectivity index (χ3v) is 3.97. The van der Waals surface area contributed by atoms with Gasteiger partial charge in [0.15, 0.2) is 5.78 Å². The molecule has 0 spiro atoms. The van der Waals surface area contributed by atoms with Gasteiger partial charge in [-0.05, 0) is 61.9 Å². The molecule has 0 fully saturated rings. The number of rotatable bonds is 5. The molecule has 1 aromatic heterocycles. The van der Waals surface area contributed by atoms with E-state index in [2.05, 4.69) is 15.6 Å². The van der Waals surface area contributed by atoms with Crippen molar-refractivity contribution in [2.75, 3.05) is 10.6 Å². The fourth-order valence-corrected chi connectivity index (χ4v) is 2.45. The zero-order chi connectivity index (χ0) is 18.5. The molecule has 0 atom stereocenters. The molecule has 1 amide bonds. The van der Waals surface area contributed by atoms with Gasteiger partial charge in [-0.1, -0.05) is 18.2 Å². The second kappa shape index (κ2) is 7.61. The quantitative estimate of drug-likeness (QED) is 0.664. The summed E-state index contributed by atoms with van der Waals surface area (Å²) in [5, 5.41) is 6.05. The molecule has 2 aromatic carbocycles. The van der Waals surface area contributed by atoms with Gasteiger partial charge in [0.25, 0.3) is 5.91 Å². The Morgan fingerprint density at radius 3 is 2.19 bits per heavy atom. The largest absolute Gasteiger partial charge is 0.354 e. The highest BCUT2D eigenvalue weighted by Crippen LogP contribution is 2.19. The fraction of sp³-hybridized carbons (Fsp3) is 0.0952. The van der Waals surface area contributed by atoms with Crippen LogP contribution in [-0.2, 0) is 0 Å². The molecule has 0 saturated heterocycles. The summed E-state index contributed by atoms with van der Waals surface area (Å²) in [5.41, 5.74) is 4.47. The zero-order valence-electron chi connectivity index (χ0n) is 14.6. The number of benzene rings is 2. The molecule has 0 radical (unpaired) electrons. The van der Waals surface area contributed by atoms with E-state index in [1.54, 1.807) is 36.5 Å². The van der Waals surface area contributed by atoms with Crippen LogP contribution in [-0.4, -0.2) is 16.7 Å². The van der Waals surface area contributed by atoms with Crippen molar-refractivity contribution in [1.29, 1.82) is 0 Å². The summed E-state index contributed by atoms with van der Waals surface area (Å²) in [6, 6.07) is 18.2. The Morgan fingerprint density at radius 2 is 1.58 bits per heavy atom.